The van der Waals surface area contributed by atoms with Gasteiger partial charge in [0.25, 0.3) is 0 Å². The molecule has 0 saturated heterocycles. The molecule has 0 saturated carbocycles. The fourth-order valence-corrected chi connectivity index (χ4v) is 0.601. The highest BCUT2D eigenvalue weighted by atomic mass is 32.2. The lowest BCUT2D eigenvalue weighted by atomic mass is 11.0. The molecule has 0 aliphatic carbocycles. The number of aromatic nitrogens is 2. The van der Waals surface area contributed by atoms with Crippen molar-refractivity contribution in [2.24, 2.45) is 0 Å². The van der Waals surface area contributed by atoms with E-state index in [4.69, 9.17) is 0 Å². The molecule has 1 rings (SSSR count). The van der Waals surface area contributed by atoms with Crippen molar-refractivity contribution in [2.45, 2.75) is 0 Å². The van der Waals surface area contributed by atoms with Crippen molar-refractivity contribution in [3.05, 3.63) is 18.7 Å². The van der Waals surface area contributed by atoms with Crippen LogP contribution in [-0.2, 0) is 10.9 Å². The van der Waals surface area contributed by atoms with Gasteiger partial charge in [-0.15, -0.1) is 0 Å². The third kappa shape index (κ3) is 0.865. The lowest BCUT2D eigenvalue weighted by molar-refractivity contribution is 0.606. The monoisotopic (exact) mass is 131 g/mol. The van der Waals surface area contributed by atoms with Crippen molar-refractivity contribution in [1.82, 2.24) is 8.96 Å². The van der Waals surface area contributed by atoms with E-state index in [2.05, 4.69) is 11.2 Å². The molecule has 0 unspecified atom stereocenters. The van der Waals surface area contributed by atoms with Crippen LogP contribution in [0.25, 0.3) is 0 Å². The molecule has 0 amide bonds. The van der Waals surface area contributed by atoms with Crippen LogP contribution in [0.4, 0.5) is 0 Å². The number of thiol groups is 1. The summed E-state index contributed by atoms with van der Waals surface area (Å²) in [5.74, 6) is 0. The molecule has 0 N–H and O–H groups in total. The molecule has 1 aromatic rings. The number of rotatable bonds is 1. The van der Waals surface area contributed by atoms with Gasteiger partial charge in [0, 0.05) is 0 Å². The summed E-state index contributed by atoms with van der Waals surface area (Å²) >= 11 is 0. The number of hydrogen-bond acceptors (Lipinski definition) is 3. The van der Waals surface area contributed by atoms with Crippen molar-refractivity contribution >= 4 is 10.9 Å². The molecule has 43 valence electrons. The molecule has 5 heteroatoms. The Morgan fingerprint density at radius 3 is 2.62 bits per heavy atom. The Balaban J connectivity index is 3.11. The normalized spacial score (nSPS) is 10.1. The van der Waals surface area contributed by atoms with Crippen LogP contribution in [0.5, 0.6) is 0 Å². The Kier molecular flexibility index (Phi) is 1.29. The minimum absolute atomic E-state index is 0.884. The zero-order valence-corrected chi connectivity index (χ0v) is 4.71. The van der Waals surface area contributed by atoms with Gasteiger partial charge in [0.2, 0.25) is 10.9 Å². The maximum Gasteiger partial charge on any atom is 0.230 e. The SMILES string of the molecule is O=[SH](=O)n1[c]cnc1. The molecule has 4 nitrogen and oxygen atoms in total. The second-order valence-electron chi connectivity index (χ2n) is 1.11. The molecule has 0 aromatic carbocycles. The average Bonchev–Trinajstić information content (AvgIpc) is 2.12. The fourth-order valence-electron chi connectivity index (χ4n) is 0.312. The van der Waals surface area contributed by atoms with Gasteiger partial charge in [-0.2, -0.15) is 0 Å². The van der Waals surface area contributed by atoms with Crippen molar-refractivity contribution in [1.29, 1.82) is 0 Å². The molecule has 1 radical (unpaired) electrons. The van der Waals surface area contributed by atoms with Crippen LogP contribution in [-0.4, -0.2) is 17.4 Å². The third-order valence-corrected chi connectivity index (χ3v) is 1.19. The van der Waals surface area contributed by atoms with Gasteiger partial charge in [0.1, 0.15) is 12.5 Å². The third-order valence-electron chi connectivity index (χ3n) is 0.617. The maximum atomic E-state index is 9.99. The van der Waals surface area contributed by atoms with Crippen LogP contribution in [0.3, 0.4) is 0 Å². The maximum absolute atomic E-state index is 9.99. The van der Waals surface area contributed by atoms with Gasteiger partial charge >= 0.3 is 0 Å². The van der Waals surface area contributed by atoms with E-state index in [1.807, 2.05) is 0 Å². The zero-order valence-electron chi connectivity index (χ0n) is 3.81. The van der Waals surface area contributed by atoms with Crippen molar-refractivity contribution < 1.29 is 8.42 Å². The van der Waals surface area contributed by atoms with E-state index in [9.17, 15) is 8.42 Å². The van der Waals surface area contributed by atoms with Gasteiger partial charge in [-0.25, -0.2) is 17.4 Å². The predicted octanol–water partition coefficient (Wildman–Crippen LogP) is -0.942. The molecule has 0 fully saturated rings. The highest BCUT2D eigenvalue weighted by Gasteiger charge is 1.84. The molecule has 1 aromatic heterocycles. The lowest BCUT2D eigenvalue weighted by Crippen LogP contribution is -1.89. The Hall–Kier alpha value is -0.840. The minimum atomic E-state index is -2.56. The number of imidazole rings is 1. The molecule has 8 heavy (non-hydrogen) atoms. The predicted molar refractivity (Wildman–Crippen MR) is 26.8 cm³/mol. The standard InChI is InChI=1S/C3H3N2O2S/c6-8(7)5-2-1-4-3-5/h1,3,8H. The van der Waals surface area contributed by atoms with E-state index in [-0.39, 0.29) is 0 Å². The second-order valence-corrected chi connectivity index (χ2v) is 2.01. The topological polar surface area (TPSA) is 52.0 Å². The lowest BCUT2D eigenvalue weighted by Gasteiger charge is -1.78. The molecule has 1 heterocycles. The van der Waals surface area contributed by atoms with Crippen molar-refractivity contribution in [3.8, 4) is 0 Å². The summed E-state index contributed by atoms with van der Waals surface area (Å²) in [6, 6.07) is 0. The zero-order chi connectivity index (χ0) is 5.98. The van der Waals surface area contributed by atoms with Gasteiger partial charge in [0.15, 0.2) is 0 Å². The van der Waals surface area contributed by atoms with Crippen LogP contribution in [0.2, 0.25) is 0 Å². The van der Waals surface area contributed by atoms with E-state index in [1.165, 1.54) is 12.5 Å². The molecule has 0 bridgehead atoms. The van der Waals surface area contributed by atoms with Gasteiger partial charge in [-0.1, -0.05) is 0 Å². The van der Waals surface area contributed by atoms with Gasteiger partial charge in [-0.3, -0.25) is 0 Å². The highest BCUT2D eigenvalue weighted by molar-refractivity contribution is 7.70. The first-order chi connectivity index (χ1) is 3.80. The van der Waals surface area contributed by atoms with E-state index in [1.54, 1.807) is 0 Å². The summed E-state index contributed by atoms with van der Waals surface area (Å²) in [6.07, 6.45) is 4.80. The number of nitrogens with zero attached hydrogens (tertiary/aromatic N) is 2. The first-order valence-corrected chi connectivity index (χ1v) is 2.98. The Morgan fingerprint density at radius 1 is 1.62 bits per heavy atom. The quantitative estimate of drug-likeness (QED) is 0.500. The van der Waals surface area contributed by atoms with Crippen LogP contribution < -0.4 is 0 Å². The minimum Gasteiger partial charge on any atom is -0.243 e. The van der Waals surface area contributed by atoms with Crippen molar-refractivity contribution in [2.75, 3.05) is 0 Å². The van der Waals surface area contributed by atoms with E-state index in [0.717, 1.165) is 3.97 Å². The first kappa shape index (κ1) is 5.30. The molecule has 0 aliphatic rings. The fraction of sp³-hybridized carbons (Fsp3) is 0. The van der Waals surface area contributed by atoms with Gasteiger partial charge in [-0.05, 0) is 0 Å². The van der Waals surface area contributed by atoms with E-state index >= 15 is 0 Å². The highest BCUT2D eigenvalue weighted by Crippen LogP contribution is 1.78. The van der Waals surface area contributed by atoms with Gasteiger partial charge < -0.3 is 0 Å². The summed E-state index contributed by atoms with van der Waals surface area (Å²) in [7, 11) is -2.56. The molecule has 0 spiro atoms. The summed E-state index contributed by atoms with van der Waals surface area (Å²) in [4.78, 5) is 3.47. The van der Waals surface area contributed by atoms with E-state index in [0.29, 0.717) is 0 Å². The number of hydrogen-bond donors (Lipinski definition) is 1. The Morgan fingerprint density at radius 2 is 2.38 bits per heavy atom. The summed E-state index contributed by atoms with van der Waals surface area (Å²) in [6.45, 7) is 0. The first-order valence-electron chi connectivity index (χ1n) is 1.85. The Labute approximate surface area is 47.9 Å². The van der Waals surface area contributed by atoms with Crippen LogP contribution >= 0.6 is 0 Å². The van der Waals surface area contributed by atoms with Crippen LogP contribution in [0.15, 0.2) is 12.5 Å². The molecular weight excluding hydrogens is 128 g/mol. The summed E-state index contributed by atoms with van der Waals surface area (Å²) in [5.41, 5.74) is 0. The second kappa shape index (κ2) is 1.95. The average molecular weight is 131 g/mol. The molecular formula is C3H3N2O2S. The summed E-state index contributed by atoms with van der Waals surface area (Å²) < 4.78 is 20.9. The van der Waals surface area contributed by atoms with E-state index < -0.39 is 10.9 Å². The van der Waals surface area contributed by atoms with Crippen LogP contribution in [0, 0.1) is 6.20 Å². The molecule has 0 atom stereocenters. The van der Waals surface area contributed by atoms with Gasteiger partial charge in [0.05, 0.1) is 6.20 Å². The largest absolute Gasteiger partial charge is 0.243 e. The molecule has 0 aliphatic heterocycles. The van der Waals surface area contributed by atoms with Crippen LogP contribution in [0.1, 0.15) is 0 Å². The smallest absolute Gasteiger partial charge is 0.230 e. The Bertz CT molecular complexity index is 217. The van der Waals surface area contributed by atoms with Crippen molar-refractivity contribution in [3.63, 3.8) is 0 Å². The summed E-state index contributed by atoms with van der Waals surface area (Å²) in [5, 5.41) is 0.